The second-order valence-electron chi connectivity index (χ2n) is 8.64. The predicted molar refractivity (Wildman–Crippen MR) is 97.4 cm³/mol. The Hall–Kier alpha value is -1.70. The zero-order valence-corrected chi connectivity index (χ0v) is 16.1. The van der Waals surface area contributed by atoms with Gasteiger partial charge in [-0.1, -0.05) is 6.92 Å². The van der Waals surface area contributed by atoms with Gasteiger partial charge in [0.1, 0.15) is 0 Å². The monoisotopic (exact) mass is 373 g/mol. The van der Waals surface area contributed by atoms with Gasteiger partial charge in [-0.15, -0.1) is 0 Å². The highest BCUT2D eigenvalue weighted by Crippen LogP contribution is 2.55. The number of nitrogens with one attached hydrogen (secondary N) is 1. The summed E-state index contributed by atoms with van der Waals surface area (Å²) in [5.41, 5.74) is 1.15. The lowest BCUT2D eigenvalue weighted by Crippen LogP contribution is -2.54. The number of carbonyl (C=O) groups excluding carboxylic acids is 2. The molecule has 3 saturated heterocycles. The molecule has 5 atom stereocenters. The van der Waals surface area contributed by atoms with Gasteiger partial charge in [-0.05, 0) is 25.7 Å². The molecule has 7 heteroatoms. The van der Waals surface area contributed by atoms with Crippen LogP contribution in [0.5, 0.6) is 0 Å². The molecule has 3 fully saturated rings. The van der Waals surface area contributed by atoms with Crippen molar-refractivity contribution in [2.75, 3.05) is 33.4 Å². The summed E-state index contributed by atoms with van der Waals surface area (Å²) in [4.78, 5) is 31.0. The number of piperazine rings is 1. The van der Waals surface area contributed by atoms with Crippen molar-refractivity contribution >= 4 is 11.6 Å². The van der Waals surface area contributed by atoms with Gasteiger partial charge in [-0.25, -0.2) is 0 Å². The first-order valence-corrected chi connectivity index (χ1v) is 9.94. The zero-order valence-electron chi connectivity index (χ0n) is 16.1. The summed E-state index contributed by atoms with van der Waals surface area (Å²) in [7, 11) is 1.61. The van der Waals surface area contributed by atoms with E-state index >= 15 is 0 Å². The van der Waals surface area contributed by atoms with Gasteiger partial charge in [-0.3, -0.25) is 9.59 Å². The van der Waals surface area contributed by atoms with Crippen LogP contribution in [0.1, 0.15) is 26.7 Å². The number of hydrogen-bond acceptors (Lipinski definition) is 7. The molecule has 0 amide bonds. The minimum Gasteiger partial charge on any atom is -0.396 e. The molecule has 5 unspecified atom stereocenters. The molecule has 1 aliphatic carbocycles. The maximum absolute atomic E-state index is 13.6. The topological polar surface area (TPSA) is 92.0 Å². The first kappa shape index (κ1) is 17.4. The maximum atomic E-state index is 13.6. The summed E-state index contributed by atoms with van der Waals surface area (Å²) < 4.78 is 5.93. The van der Waals surface area contributed by atoms with Crippen molar-refractivity contribution in [1.82, 2.24) is 15.1 Å². The third kappa shape index (κ3) is 2.02. The van der Waals surface area contributed by atoms with Crippen molar-refractivity contribution < 1.29 is 19.4 Å². The molecule has 0 aromatic carbocycles. The van der Waals surface area contributed by atoms with Crippen LogP contribution in [-0.4, -0.2) is 77.6 Å². The highest BCUT2D eigenvalue weighted by atomic mass is 16.5. The average molecular weight is 373 g/mol. The van der Waals surface area contributed by atoms with Crippen molar-refractivity contribution in [1.29, 1.82) is 0 Å². The zero-order chi connectivity index (χ0) is 19.1. The van der Waals surface area contributed by atoms with E-state index in [9.17, 15) is 14.7 Å². The number of aliphatic hydroxyl groups excluding tert-OH is 1. The quantitative estimate of drug-likeness (QED) is 0.532. The number of ether oxygens (including phenoxy) is 1. The van der Waals surface area contributed by atoms with Crippen LogP contribution in [0.4, 0.5) is 0 Å². The van der Waals surface area contributed by atoms with Crippen LogP contribution in [0.3, 0.4) is 0 Å². The lowest BCUT2D eigenvalue weighted by Gasteiger charge is -2.39. The summed E-state index contributed by atoms with van der Waals surface area (Å²) in [6.07, 6.45) is 2.17. The fourth-order valence-electron chi connectivity index (χ4n) is 5.90. The van der Waals surface area contributed by atoms with Crippen LogP contribution in [0.15, 0.2) is 22.5 Å². The average Bonchev–Trinajstić information content (AvgIpc) is 3.26. The number of nitrogens with zero attached hydrogens (tertiary/aromatic N) is 2. The standard InChI is InChI=1S/C20H27N3O4/c1-10-5-4-6-22(7-10)15-11(2)17(25)16-14(18(15)26)12(9-24)20(27-3)19-13(21-19)8-23(16)20/h10,12-13,19,21,24H,4-9H2,1-3H3. The fourth-order valence-corrected chi connectivity index (χ4v) is 5.90. The van der Waals surface area contributed by atoms with Gasteiger partial charge in [0.25, 0.3) is 0 Å². The van der Waals surface area contributed by atoms with Crippen LogP contribution in [-0.2, 0) is 14.3 Å². The normalized spacial score (nSPS) is 40.6. The van der Waals surface area contributed by atoms with Gasteiger partial charge in [0.15, 0.2) is 5.72 Å². The van der Waals surface area contributed by atoms with Gasteiger partial charge in [-0.2, -0.15) is 0 Å². The summed E-state index contributed by atoms with van der Waals surface area (Å²) in [6.45, 7) is 5.97. The molecule has 5 aliphatic rings. The third-order valence-corrected chi connectivity index (χ3v) is 7.16. The van der Waals surface area contributed by atoms with E-state index in [1.165, 1.54) is 0 Å². The number of likely N-dealkylation sites (tertiary alicyclic amines) is 1. The summed E-state index contributed by atoms with van der Waals surface area (Å²) in [6, 6.07) is 0.300. The van der Waals surface area contributed by atoms with Crippen molar-refractivity contribution in [2.45, 2.75) is 44.5 Å². The van der Waals surface area contributed by atoms with E-state index in [0.29, 0.717) is 35.0 Å². The van der Waals surface area contributed by atoms with Crippen LogP contribution >= 0.6 is 0 Å². The van der Waals surface area contributed by atoms with Crippen molar-refractivity contribution in [2.24, 2.45) is 11.8 Å². The first-order chi connectivity index (χ1) is 13.0. The molecule has 0 saturated carbocycles. The largest absolute Gasteiger partial charge is 0.396 e. The van der Waals surface area contributed by atoms with Gasteiger partial charge in [0, 0.05) is 43.9 Å². The van der Waals surface area contributed by atoms with E-state index in [0.717, 1.165) is 25.9 Å². The van der Waals surface area contributed by atoms with Crippen molar-refractivity contribution in [3.8, 4) is 0 Å². The number of carbonyl (C=O) groups is 2. The number of fused-ring (bicyclic) bond motifs is 4. The van der Waals surface area contributed by atoms with Gasteiger partial charge in [0.2, 0.25) is 11.6 Å². The fraction of sp³-hybridized carbons (Fsp3) is 0.700. The minimum atomic E-state index is -0.833. The number of Topliss-reactive ketones (excluding diaryl/α,β-unsaturated/α-hetero) is 2. The highest BCUT2D eigenvalue weighted by Gasteiger charge is 2.72. The summed E-state index contributed by atoms with van der Waals surface area (Å²) in [5, 5.41) is 13.6. The van der Waals surface area contributed by atoms with E-state index in [1.54, 1.807) is 14.0 Å². The number of aliphatic hydroxyl groups is 1. The van der Waals surface area contributed by atoms with E-state index in [2.05, 4.69) is 17.1 Å². The number of methoxy groups -OCH3 is 1. The summed E-state index contributed by atoms with van der Waals surface area (Å²) in [5.74, 6) is -0.196. The van der Waals surface area contributed by atoms with E-state index in [-0.39, 0.29) is 30.3 Å². The molecule has 0 bridgehead atoms. The molecule has 5 rings (SSSR count). The lowest BCUT2D eigenvalue weighted by molar-refractivity contribution is -0.137. The molecular weight excluding hydrogens is 346 g/mol. The number of piperidine rings is 1. The molecule has 4 aliphatic heterocycles. The van der Waals surface area contributed by atoms with Crippen LogP contribution in [0.2, 0.25) is 0 Å². The van der Waals surface area contributed by atoms with Crippen LogP contribution < -0.4 is 5.32 Å². The Bertz CT molecular complexity index is 803. The molecule has 4 heterocycles. The molecule has 0 radical (unpaired) electrons. The van der Waals surface area contributed by atoms with E-state index < -0.39 is 11.6 Å². The Morgan fingerprint density at radius 1 is 1.26 bits per heavy atom. The smallest absolute Gasteiger partial charge is 0.208 e. The van der Waals surface area contributed by atoms with E-state index in [4.69, 9.17) is 4.74 Å². The molecule has 146 valence electrons. The predicted octanol–water partition coefficient (Wildman–Crippen LogP) is 0.0190. The molecule has 7 nitrogen and oxygen atoms in total. The second kappa shape index (κ2) is 5.65. The minimum absolute atomic E-state index is 0.0459. The molecule has 0 spiro atoms. The Kier molecular flexibility index (Phi) is 3.64. The summed E-state index contributed by atoms with van der Waals surface area (Å²) >= 11 is 0. The SMILES string of the molecule is COC12C(CO)C3=C(C(=O)C(C)=C(N4CCCC(C)C4)C3=O)N1CC1NC12. The number of allylic oxidation sites excluding steroid dienone is 2. The van der Waals surface area contributed by atoms with Crippen molar-refractivity contribution in [3.63, 3.8) is 0 Å². The van der Waals surface area contributed by atoms with Gasteiger partial charge in [0.05, 0.1) is 30.0 Å². The van der Waals surface area contributed by atoms with Gasteiger partial charge < -0.3 is 25.0 Å². The highest BCUT2D eigenvalue weighted by molar-refractivity contribution is 6.25. The second-order valence-corrected chi connectivity index (χ2v) is 8.64. The number of ketones is 2. The maximum Gasteiger partial charge on any atom is 0.208 e. The number of rotatable bonds is 3. The number of hydrogen-bond donors (Lipinski definition) is 2. The molecule has 2 N–H and O–H groups in total. The lowest BCUT2D eigenvalue weighted by atomic mass is 9.81. The molecule has 27 heavy (non-hydrogen) atoms. The van der Waals surface area contributed by atoms with Crippen LogP contribution in [0, 0.1) is 11.8 Å². The Morgan fingerprint density at radius 3 is 2.70 bits per heavy atom. The Morgan fingerprint density at radius 2 is 2.04 bits per heavy atom. The Labute approximate surface area is 159 Å². The third-order valence-electron chi connectivity index (χ3n) is 7.16. The van der Waals surface area contributed by atoms with Crippen LogP contribution in [0.25, 0.3) is 0 Å². The molecule has 0 aromatic rings. The first-order valence-electron chi connectivity index (χ1n) is 9.94. The van der Waals surface area contributed by atoms with E-state index in [1.807, 2.05) is 4.90 Å². The molecule has 0 aromatic heterocycles. The van der Waals surface area contributed by atoms with Crippen molar-refractivity contribution in [3.05, 3.63) is 22.5 Å². The molecular formula is C20H27N3O4. The van der Waals surface area contributed by atoms with Gasteiger partial charge >= 0.3 is 0 Å². The Balaban J connectivity index is 1.59.